The minimum Gasteiger partial charge on any atom is -0.381 e. The van der Waals surface area contributed by atoms with Gasteiger partial charge in [-0.25, -0.2) is 24.0 Å². The lowest BCUT2D eigenvalue weighted by atomic mass is 10.0. The fourth-order valence-electron chi connectivity index (χ4n) is 3.92. The van der Waals surface area contributed by atoms with Crippen LogP contribution < -0.4 is 10.6 Å². The van der Waals surface area contributed by atoms with Crippen LogP contribution in [-0.4, -0.2) is 56.2 Å². The van der Waals surface area contributed by atoms with Crippen molar-refractivity contribution < 1.29 is 9.13 Å². The average molecular weight is 461 g/mol. The molecule has 174 valence electrons. The van der Waals surface area contributed by atoms with Gasteiger partial charge in [-0.2, -0.15) is 0 Å². The zero-order valence-electron chi connectivity index (χ0n) is 19.1. The molecule has 4 heterocycles. The molecule has 0 spiro atoms. The van der Waals surface area contributed by atoms with E-state index in [0.717, 1.165) is 41.3 Å². The summed E-state index contributed by atoms with van der Waals surface area (Å²) in [6.45, 7) is 7.35. The molecule has 0 bridgehead atoms. The number of ether oxygens (including phenoxy) is 1. The minimum absolute atomic E-state index is 0.0182. The predicted octanol–water partition coefficient (Wildman–Crippen LogP) is 3.02. The Morgan fingerprint density at radius 3 is 2.65 bits per heavy atom. The molecule has 2 N–H and O–H groups in total. The molecule has 9 nitrogen and oxygen atoms in total. The Hall–Kier alpha value is -3.92. The molecule has 3 aromatic heterocycles. The molecule has 10 heteroatoms. The highest BCUT2D eigenvalue weighted by atomic mass is 19.1. The Morgan fingerprint density at radius 1 is 1.03 bits per heavy atom. The molecule has 0 radical (unpaired) electrons. The Morgan fingerprint density at radius 2 is 1.82 bits per heavy atom. The summed E-state index contributed by atoms with van der Waals surface area (Å²) in [5, 5.41) is 8.30. The van der Waals surface area contributed by atoms with Gasteiger partial charge in [0.2, 0.25) is 0 Å². The van der Waals surface area contributed by atoms with Crippen molar-refractivity contribution in [2.45, 2.75) is 20.4 Å². The molecule has 1 aliphatic rings. The molecule has 0 atom stereocenters. The smallest absolute Gasteiger partial charge is 0.193 e. The zero-order chi connectivity index (χ0) is 23.7. The normalized spacial score (nSPS) is 13.9. The van der Waals surface area contributed by atoms with Gasteiger partial charge in [-0.3, -0.25) is 0 Å². The molecule has 1 aromatic carbocycles. The number of halogens is 1. The SMILES string of the molecule is Cc1cccc(-c2nc(N)c(F)c(-c3cn(Cc4cccc(N5CCOCC5)n4)nn3)n2)c1C. The van der Waals surface area contributed by atoms with Crippen molar-refractivity contribution in [3.63, 3.8) is 0 Å². The lowest BCUT2D eigenvalue weighted by molar-refractivity contribution is 0.122. The second kappa shape index (κ2) is 9.14. The van der Waals surface area contributed by atoms with E-state index in [1.54, 1.807) is 10.9 Å². The second-order valence-electron chi connectivity index (χ2n) is 8.23. The Labute approximate surface area is 196 Å². The molecule has 0 saturated carbocycles. The number of pyridine rings is 1. The summed E-state index contributed by atoms with van der Waals surface area (Å²) < 4.78 is 21.9. The maximum Gasteiger partial charge on any atom is 0.193 e. The number of hydrogen-bond acceptors (Lipinski definition) is 8. The maximum atomic E-state index is 14.9. The van der Waals surface area contributed by atoms with E-state index in [9.17, 15) is 4.39 Å². The first kappa shape index (κ1) is 21.9. The number of nitrogen functional groups attached to an aromatic ring is 1. The zero-order valence-corrected chi connectivity index (χ0v) is 19.1. The quantitative estimate of drug-likeness (QED) is 0.484. The van der Waals surface area contributed by atoms with E-state index in [2.05, 4.69) is 25.2 Å². The number of aryl methyl sites for hydroxylation is 1. The summed E-state index contributed by atoms with van der Waals surface area (Å²) in [6.07, 6.45) is 1.64. The molecule has 0 unspecified atom stereocenters. The van der Waals surface area contributed by atoms with Crippen LogP contribution in [0, 0.1) is 19.7 Å². The van der Waals surface area contributed by atoms with Gasteiger partial charge < -0.3 is 15.4 Å². The number of nitrogens with two attached hydrogens (primary N) is 1. The molecular formula is C24H25FN8O. The van der Waals surface area contributed by atoms with E-state index in [1.807, 2.05) is 50.2 Å². The number of hydrogen-bond donors (Lipinski definition) is 1. The van der Waals surface area contributed by atoms with Crippen molar-refractivity contribution in [1.82, 2.24) is 29.9 Å². The van der Waals surface area contributed by atoms with Gasteiger partial charge in [0.05, 0.1) is 31.6 Å². The first-order chi connectivity index (χ1) is 16.5. The molecule has 1 saturated heterocycles. The molecule has 4 aromatic rings. The number of morpholine rings is 1. The lowest BCUT2D eigenvalue weighted by Gasteiger charge is -2.28. The summed E-state index contributed by atoms with van der Waals surface area (Å²) in [5.41, 5.74) is 9.91. The van der Waals surface area contributed by atoms with E-state index >= 15 is 0 Å². The number of nitrogens with zero attached hydrogens (tertiary/aromatic N) is 7. The summed E-state index contributed by atoms with van der Waals surface area (Å²) in [5.74, 6) is 0.308. The van der Waals surface area contributed by atoms with Crippen LogP contribution in [0.4, 0.5) is 16.0 Å². The van der Waals surface area contributed by atoms with Crippen LogP contribution in [0.5, 0.6) is 0 Å². The average Bonchev–Trinajstić information content (AvgIpc) is 3.31. The third-order valence-electron chi connectivity index (χ3n) is 5.95. The van der Waals surface area contributed by atoms with Crippen LogP contribution >= 0.6 is 0 Å². The van der Waals surface area contributed by atoms with Crippen LogP contribution in [0.2, 0.25) is 0 Å². The largest absolute Gasteiger partial charge is 0.381 e. The van der Waals surface area contributed by atoms with Gasteiger partial charge in [0.15, 0.2) is 17.5 Å². The molecular weight excluding hydrogens is 435 g/mol. The van der Waals surface area contributed by atoms with E-state index in [1.165, 1.54) is 0 Å². The van der Waals surface area contributed by atoms with Gasteiger partial charge in [-0.15, -0.1) is 5.10 Å². The van der Waals surface area contributed by atoms with E-state index in [-0.39, 0.29) is 17.2 Å². The summed E-state index contributed by atoms with van der Waals surface area (Å²) in [7, 11) is 0. The van der Waals surface area contributed by atoms with Crippen LogP contribution in [0.3, 0.4) is 0 Å². The highest BCUT2D eigenvalue weighted by molar-refractivity contribution is 5.67. The molecule has 1 fully saturated rings. The topological polar surface area (TPSA) is 108 Å². The van der Waals surface area contributed by atoms with Gasteiger partial charge in [-0.1, -0.05) is 29.5 Å². The van der Waals surface area contributed by atoms with Gasteiger partial charge in [0.1, 0.15) is 17.2 Å². The monoisotopic (exact) mass is 460 g/mol. The Balaban J connectivity index is 1.43. The second-order valence-corrected chi connectivity index (χ2v) is 8.23. The summed E-state index contributed by atoms with van der Waals surface area (Å²) in [6, 6.07) is 11.7. The standard InChI is InChI=1S/C24H25FN8O/c1-15-5-3-7-18(16(15)2)24-28-22(21(25)23(26)29-24)19-14-33(31-30-19)13-17-6-4-8-20(27-17)32-9-11-34-12-10-32/h3-8,14H,9-13H2,1-2H3,(H2,26,28,29). The van der Waals surface area contributed by atoms with Crippen LogP contribution in [0.1, 0.15) is 16.8 Å². The minimum atomic E-state index is -0.714. The summed E-state index contributed by atoms with van der Waals surface area (Å²) in [4.78, 5) is 15.6. The fraction of sp³-hybridized carbons (Fsp3) is 0.292. The van der Waals surface area contributed by atoms with Gasteiger partial charge in [-0.05, 0) is 37.1 Å². The number of aromatic nitrogens is 6. The molecule has 1 aliphatic heterocycles. The maximum absolute atomic E-state index is 14.9. The van der Waals surface area contributed by atoms with Crippen molar-refractivity contribution in [1.29, 1.82) is 0 Å². The highest BCUT2D eigenvalue weighted by Crippen LogP contribution is 2.28. The van der Waals surface area contributed by atoms with Crippen molar-refractivity contribution in [2.75, 3.05) is 36.9 Å². The fourth-order valence-corrected chi connectivity index (χ4v) is 3.92. The van der Waals surface area contributed by atoms with Crippen molar-refractivity contribution >= 4 is 11.6 Å². The van der Waals surface area contributed by atoms with Crippen LogP contribution in [0.25, 0.3) is 22.8 Å². The Bertz CT molecular complexity index is 1330. The first-order valence-electron chi connectivity index (χ1n) is 11.1. The molecule has 5 rings (SSSR count). The van der Waals surface area contributed by atoms with Crippen molar-refractivity contribution in [2.24, 2.45) is 0 Å². The predicted molar refractivity (Wildman–Crippen MR) is 127 cm³/mol. The number of anilines is 2. The lowest BCUT2D eigenvalue weighted by Crippen LogP contribution is -2.36. The van der Waals surface area contributed by atoms with E-state index in [4.69, 9.17) is 15.5 Å². The van der Waals surface area contributed by atoms with E-state index in [0.29, 0.717) is 25.6 Å². The number of rotatable bonds is 5. The highest BCUT2D eigenvalue weighted by Gasteiger charge is 2.19. The van der Waals surface area contributed by atoms with Crippen LogP contribution in [-0.2, 0) is 11.3 Å². The Kier molecular flexibility index (Phi) is 5.89. The van der Waals surface area contributed by atoms with Gasteiger partial charge >= 0.3 is 0 Å². The summed E-state index contributed by atoms with van der Waals surface area (Å²) >= 11 is 0. The van der Waals surface area contributed by atoms with Crippen molar-refractivity contribution in [3.8, 4) is 22.8 Å². The molecule has 0 aliphatic carbocycles. The first-order valence-corrected chi connectivity index (χ1v) is 11.1. The van der Waals surface area contributed by atoms with Crippen molar-refractivity contribution in [3.05, 3.63) is 65.2 Å². The van der Waals surface area contributed by atoms with Crippen LogP contribution in [0.15, 0.2) is 42.6 Å². The van der Waals surface area contributed by atoms with Gasteiger partial charge in [0.25, 0.3) is 0 Å². The number of benzene rings is 1. The third-order valence-corrected chi connectivity index (χ3v) is 5.95. The molecule has 34 heavy (non-hydrogen) atoms. The van der Waals surface area contributed by atoms with E-state index < -0.39 is 5.82 Å². The molecule has 0 amide bonds. The van der Waals surface area contributed by atoms with Gasteiger partial charge in [0, 0.05) is 18.7 Å². The third kappa shape index (κ3) is 4.32.